The molecule has 4 aromatic rings. The second-order valence-corrected chi connectivity index (χ2v) is 7.70. The molecule has 0 N–H and O–H groups in total. The number of hydrogen-bond acceptors (Lipinski definition) is 0. The highest BCUT2D eigenvalue weighted by Crippen LogP contribution is 2.26. The van der Waals surface area contributed by atoms with Crippen molar-refractivity contribution in [3.8, 4) is 11.8 Å². The quantitative estimate of drug-likeness (QED) is 0.231. The van der Waals surface area contributed by atoms with E-state index < -0.39 is 0 Å². The summed E-state index contributed by atoms with van der Waals surface area (Å²) in [7, 11) is 0. The molecule has 0 radical (unpaired) electrons. The van der Waals surface area contributed by atoms with E-state index in [4.69, 9.17) is 0 Å². The lowest BCUT2D eigenvalue weighted by Crippen LogP contribution is -1.91. The summed E-state index contributed by atoms with van der Waals surface area (Å²) >= 11 is 0. The summed E-state index contributed by atoms with van der Waals surface area (Å²) in [6, 6.07) is 42.0. The van der Waals surface area contributed by atoms with Gasteiger partial charge in [-0.2, -0.15) is 0 Å². The molecule has 0 amide bonds. The molecule has 4 aromatic carbocycles. The van der Waals surface area contributed by atoms with Gasteiger partial charge in [-0.15, -0.1) is 0 Å². The smallest absolute Gasteiger partial charge is 0.0356 e. The van der Waals surface area contributed by atoms with Crippen molar-refractivity contribution < 1.29 is 0 Å². The monoisotopic (exact) mass is 410 g/mol. The largest absolute Gasteiger partial charge is 0.0693 e. The fraction of sp³-hybridized carbons (Fsp3) is 0.0625. The summed E-state index contributed by atoms with van der Waals surface area (Å²) < 4.78 is 0. The van der Waals surface area contributed by atoms with Crippen LogP contribution in [0.5, 0.6) is 0 Å². The molecule has 0 aliphatic rings. The number of benzene rings is 4. The minimum absolute atomic E-state index is 0.849. The summed E-state index contributed by atoms with van der Waals surface area (Å²) in [5, 5.41) is 0. The lowest BCUT2D eigenvalue weighted by molar-refractivity contribution is 1.28. The maximum atomic E-state index is 3.47. The Labute approximate surface area is 191 Å². The molecule has 32 heavy (non-hydrogen) atoms. The summed E-state index contributed by atoms with van der Waals surface area (Å²) in [5.41, 5.74) is 8.27. The number of rotatable bonds is 5. The first-order chi connectivity index (χ1) is 15.8. The van der Waals surface area contributed by atoms with Gasteiger partial charge in [-0.05, 0) is 52.8 Å². The zero-order chi connectivity index (χ0) is 22.0. The molecule has 0 heteroatoms. The third-order valence-corrected chi connectivity index (χ3v) is 5.47. The van der Waals surface area contributed by atoms with Crippen molar-refractivity contribution in [2.24, 2.45) is 0 Å². The Morgan fingerprint density at radius 3 is 1.62 bits per heavy atom. The molecule has 0 bridgehead atoms. The van der Waals surface area contributed by atoms with Crippen molar-refractivity contribution in [3.63, 3.8) is 0 Å². The first-order valence-electron chi connectivity index (χ1n) is 10.9. The number of allylic oxidation sites excluding steroid dienone is 4. The Balaban J connectivity index is 1.76. The maximum Gasteiger partial charge on any atom is 0.0356 e. The molecule has 0 fully saturated rings. The van der Waals surface area contributed by atoms with Gasteiger partial charge < -0.3 is 0 Å². The van der Waals surface area contributed by atoms with Gasteiger partial charge in [-0.25, -0.2) is 0 Å². The van der Waals surface area contributed by atoms with Gasteiger partial charge in [-0.3, -0.25) is 0 Å². The van der Waals surface area contributed by atoms with Crippen molar-refractivity contribution in [3.05, 3.63) is 150 Å². The molecule has 0 aliphatic heterocycles. The van der Waals surface area contributed by atoms with Gasteiger partial charge in [0.15, 0.2) is 0 Å². The van der Waals surface area contributed by atoms with Crippen molar-refractivity contribution >= 4 is 16.7 Å². The van der Waals surface area contributed by atoms with Crippen LogP contribution >= 0.6 is 0 Å². The van der Waals surface area contributed by atoms with E-state index in [1.165, 1.54) is 27.8 Å². The molecule has 0 aromatic heterocycles. The Bertz CT molecular complexity index is 1250. The fourth-order valence-corrected chi connectivity index (χ4v) is 3.72. The molecular weight excluding hydrogens is 384 g/mol. The van der Waals surface area contributed by atoms with E-state index in [0.29, 0.717) is 0 Å². The van der Waals surface area contributed by atoms with Crippen molar-refractivity contribution in [2.75, 3.05) is 0 Å². The zero-order valence-corrected chi connectivity index (χ0v) is 18.3. The second-order valence-electron chi connectivity index (χ2n) is 7.70. The Morgan fingerprint density at radius 2 is 1.06 bits per heavy atom. The van der Waals surface area contributed by atoms with Crippen LogP contribution in [0, 0.1) is 11.8 Å². The minimum Gasteiger partial charge on any atom is -0.0693 e. The van der Waals surface area contributed by atoms with Crippen LogP contribution in [-0.4, -0.2) is 0 Å². The third-order valence-electron chi connectivity index (χ3n) is 5.47. The first-order valence-corrected chi connectivity index (χ1v) is 10.9. The van der Waals surface area contributed by atoms with Crippen LogP contribution < -0.4 is 0 Å². The van der Waals surface area contributed by atoms with E-state index in [1.807, 2.05) is 12.1 Å². The van der Waals surface area contributed by atoms with E-state index in [2.05, 4.69) is 134 Å². The molecule has 154 valence electrons. The molecule has 0 spiro atoms. The maximum absolute atomic E-state index is 3.47. The lowest BCUT2D eigenvalue weighted by Gasteiger charge is -2.08. The highest BCUT2D eigenvalue weighted by atomic mass is 14.1. The minimum atomic E-state index is 0.849. The van der Waals surface area contributed by atoms with Crippen molar-refractivity contribution in [1.29, 1.82) is 0 Å². The van der Waals surface area contributed by atoms with Gasteiger partial charge in [-0.1, -0.05) is 133 Å². The predicted molar refractivity (Wildman–Crippen MR) is 138 cm³/mol. The van der Waals surface area contributed by atoms with E-state index >= 15 is 0 Å². The molecule has 0 unspecified atom stereocenters. The Kier molecular flexibility index (Phi) is 7.14. The number of hydrogen-bond donors (Lipinski definition) is 0. The molecular formula is C32H26. The van der Waals surface area contributed by atoms with E-state index in [9.17, 15) is 0 Å². The van der Waals surface area contributed by atoms with Gasteiger partial charge in [0.05, 0.1) is 0 Å². The topological polar surface area (TPSA) is 0 Å². The van der Waals surface area contributed by atoms with Crippen LogP contribution in [0.4, 0.5) is 0 Å². The van der Waals surface area contributed by atoms with Gasteiger partial charge in [0.25, 0.3) is 0 Å². The highest BCUT2D eigenvalue weighted by Gasteiger charge is 2.06. The average Bonchev–Trinajstić information content (AvgIpc) is 2.88. The van der Waals surface area contributed by atoms with E-state index in [0.717, 1.165) is 17.6 Å². The van der Waals surface area contributed by atoms with Crippen LogP contribution in [0.15, 0.2) is 127 Å². The van der Waals surface area contributed by atoms with Crippen LogP contribution in [0.1, 0.15) is 29.2 Å². The van der Waals surface area contributed by atoms with Crippen LogP contribution in [0.3, 0.4) is 0 Å². The molecule has 0 saturated carbocycles. The second kappa shape index (κ2) is 10.8. The summed E-state index contributed by atoms with van der Waals surface area (Å²) in [6.45, 7) is 2.15. The standard InChI is InChI=1S/C32H26/c1-26(28-17-8-3-9-18-28)32(30-21-12-5-13-22-30)24-14-23-31(29-19-10-4-11-20-29)25-27-15-6-2-7-16-27/h2-13,15-23H,25H2,1H3/b31-23-,32-26-. The van der Waals surface area contributed by atoms with Gasteiger partial charge in [0.2, 0.25) is 0 Å². The van der Waals surface area contributed by atoms with Crippen LogP contribution in [0.2, 0.25) is 0 Å². The summed E-state index contributed by atoms with van der Waals surface area (Å²) in [4.78, 5) is 0. The van der Waals surface area contributed by atoms with Crippen LogP contribution in [-0.2, 0) is 6.42 Å². The molecule has 0 saturated heterocycles. The van der Waals surface area contributed by atoms with Crippen LogP contribution in [0.25, 0.3) is 16.7 Å². The van der Waals surface area contributed by atoms with Gasteiger partial charge in [0.1, 0.15) is 0 Å². The normalized spacial score (nSPS) is 11.8. The van der Waals surface area contributed by atoms with E-state index in [-0.39, 0.29) is 0 Å². The van der Waals surface area contributed by atoms with Crippen molar-refractivity contribution in [2.45, 2.75) is 13.3 Å². The lowest BCUT2D eigenvalue weighted by atomic mass is 9.95. The first kappa shape index (κ1) is 21.2. The zero-order valence-electron chi connectivity index (χ0n) is 18.3. The molecule has 0 aliphatic carbocycles. The molecule has 0 nitrogen and oxygen atoms in total. The van der Waals surface area contributed by atoms with Gasteiger partial charge in [0, 0.05) is 5.57 Å². The molecule has 0 heterocycles. The Morgan fingerprint density at radius 1 is 0.594 bits per heavy atom. The average molecular weight is 411 g/mol. The molecule has 0 atom stereocenters. The SMILES string of the molecule is C/C(=C(\C#C/C=C(/Cc1ccccc1)c1ccccc1)c1ccccc1)c1ccccc1. The van der Waals surface area contributed by atoms with E-state index in [1.54, 1.807) is 0 Å². The summed E-state index contributed by atoms with van der Waals surface area (Å²) in [5.74, 6) is 6.86. The van der Waals surface area contributed by atoms with Gasteiger partial charge >= 0.3 is 0 Å². The Hall–Kier alpha value is -4.08. The van der Waals surface area contributed by atoms with Crippen molar-refractivity contribution in [1.82, 2.24) is 0 Å². The summed E-state index contributed by atoms with van der Waals surface area (Å²) in [6.07, 6.45) is 2.92. The highest BCUT2D eigenvalue weighted by molar-refractivity contribution is 5.97. The fourth-order valence-electron chi connectivity index (χ4n) is 3.72. The third kappa shape index (κ3) is 5.54. The predicted octanol–water partition coefficient (Wildman–Crippen LogP) is 7.95. The molecule has 4 rings (SSSR count).